The number of nitrogens with one attached hydrogen (secondary N) is 1. The molecule has 9 nitrogen and oxygen atoms in total. The van der Waals surface area contributed by atoms with E-state index in [2.05, 4.69) is 20.4 Å². The van der Waals surface area contributed by atoms with Crippen molar-refractivity contribution in [2.45, 2.75) is 13.3 Å². The fourth-order valence-corrected chi connectivity index (χ4v) is 3.58. The molecule has 1 N–H and O–H groups in total. The number of piperazine rings is 1. The average molecular weight is 435 g/mol. The molecule has 1 aliphatic heterocycles. The highest BCUT2D eigenvalue weighted by Crippen LogP contribution is 2.23. The number of aromatic nitrogens is 2. The highest BCUT2D eigenvalue weighted by atomic mass is 16.5. The molecule has 0 bridgehead atoms. The van der Waals surface area contributed by atoms with E-state index in [1.54, 1.807) is 29.2 Å². The van der Waals surface area contributed by atoms with E-state index in [1.807, 2.05) is 31.2 Å². The van der Waals surface area contributed by atoms with Crippen molar-refractivity contribution in [3.8, 4) is 11.4 Å². The molecule has 0 saturated carbocycles. The van der Waals surface area contributed by atoms with Crippen LogP contribution in [0.1, 0.15) is 23.2 Å². The molecule has 0 aliphatic carbocycles. The smallest absolute Gasteiger partial charge is 0.339 e. The van der Waals surface area contributed by atoms with E-state index in [-0.39, 0.29) is 6.03 Å². The molecule has 0 radical (unpaired) electrons. The number of rotatable bonds is 5. The van der Waals surface area contributed by atoms with E-state index in [4.69, 9.17) is 9.26 Å². The molecule has 3 aromatic rings. The lowest BCUT2D eigenvalue weighted by atomic mass is 10.1. The lowest BCUT2D eigenvalue weighted by Crippen LogP contribution is -2.50. The summed E-state index contributed by atoms with van der Waals surface area (Å²) in [6.07, 6.45) is 0.706. The summed E-state index contributed by atoms with van der Waals surface area (Å²) in [4.78, 5) is 33.0. The van der Waals surface area contributed by atoms with E-state index in [1.165, 1.54) is 7.11 Å². The standard InChI is InChI=1S/C23H25N5O4/c1-3-20-25-21(26-32-20)16-8-10-17(11-9-16)27-12-14-28(15-13-27)23(30)24-19-7-5-4-6-18(19)22(29)31-2/h4-11H,3,12-15H2,1-2H3,(H,24,30). The third-order valence-electron chi connectivity index (χ3n) is 5.40. The van der Waals surface area contributed by atoms with Crippen LogP contribution in [0.2, 0.25) is 0 Å². The van der Waals surface area contributed by atoms with Crippen molar-refractivity contribution in [1.82, 2.24) is 15.0 Å². The Bertz CT molecular complexity index is 1090. The number of aryl methyl sites for hydroxylation is 1. The van der Waals surface area contributed by atoms with Crippen molar-refractivity contribution in [3.05, 3.63) is 60.0 Å². The number of nitrogens with zero attached hydrogens (tertiary/aromatic N) is 4. The van der Waals surface area contributed by atoms with Gasteiger partial charge >= 0.3 is 12.0 Å². The van der Waals surface area contributed by atoms with Gasteiger partial charge in [0.1, 0.15) is 0 Å². The van der Waals surface area contributed by atoms with Gasteiger partial charge in [-0.2, -0.15) is 4.98 Å². The van der Waals surface area contributed by atoms with Crippen molar-refractivity contribution in [3.63, 3.8) is 0 Å². The number of benzene rings is 2. The van der Waals surface area contributed by atoms with Crippen LogP contribution in [0.15, 0.2) is 53.1 Å². The molecule has 9 heteroatoms. The maximum absolute atomic E-state index is 12.7. The van der Waals surface area contributed by atoms with Gasteiger partial charge in [-0.25, -0.2) is 9.59 Å². The van der Waals surface area contributed by atoms with Gasteiger partial charge in [0.2, 0.25) is 11.7 Å². The van der Waals surface area contributed by atoms with E-state index >= 15 is 0 Å². The van der Waals surface area contributed by atoms with Crippen molar-refractivity contribution in [2.75, 3.05) is 43.5 Å². The van der Waals surface area contributed by atoms with Gasteiger partial charge in [0, 0.05) is 43.9 Å². The number of amides is 2. The second-order valence-corrected chi connectivity index (χ2v) is 7.35. The molecule has 1 aliphatic rings. The van der Waals surface area contributed by atoms with Crippen LogP contribution < -0.4 is 10.2 Å². The summed E-state index contributed by atoms with van der Waals surface area (Å²) in [6.45, 7) is 4.51. The van der Waals surface area contributed by atoms with Crippen LogP contribution in [0.5, 0.6) is 0 Å². The molecule has 2 amide bonds. The van der Waals surface area contributed by atoms with Crippen LogP contribution in [0, 0.1) is 0 Å². The van der Waals surface area contributed by atoms with Crippen molar-refractivity contribution in [2.24, 2.45) is 0 Å². The van der Waals surface area contributed by atoms with Crippen LogP contribution >= 0.6 is 0 Å². The summed E-state index contributed by atoms with van der Waals surface area (Å²) in [5.74, 6) is 0.718. The summed E-state index contributed by atoms with van der Waals surface area (Å²) in [7, 11) is 1.32. The maximum Gasteiger partial charge on any atom is 0.339 e. The Morgan fingerprint density at radius 2 is 1.78 bits per heavy atom. The first kappa shape index (κ1) is 21.4. The Labute approximate surface area is 186 Å². The monoisotopic (exact) mass is 435 g/mol. The minimum atomic E-state index is -0.485. The minimum absolute atomic E-state index is 0.236. The lowest BCUT2D eigenvalue weighted by Gasteiger charge is -2.36. The fraction of sp³-hybridized carbons (Fsp3) is 0.304. The largest absolute Gasteiger partial charge is 0.465 e. The Hall–Kier alpha value is -3.88. The summed E-state index contributed by atoms with van der Waals surface area (Å²) in [5.41, 5.74) is 2.74. The Morgan fingerprint density at radius 1 is 1.06 bits per heavy atom. The number of para-hydroxylation sites is 1. The van der Waals surface area contributed by atoms with E-state index in [0.29, 0.717) is 55.6 Å². The first-order valence-electron chi connectivity index (χ1n) is 10.5. The van der Waals surface area contributed by atoms with Crippen molar-refractivity contribution < 1.29 is 18.8 Å². The predicted molar refractivity (Wildman–Crippen MR) is 120 cm³/mol. The molecule has 2 aromatic carbocycles. The molecular weight excluding hydrogens is 410 g/mol. The van der Waals surface area contributed by atoms with Crippen LogP contribution in [0.3, 0.4) is 0 Å². The molecule has 32 heavy (non-hydrogen) atoms. The number of esters is 1. The zero-order valence-electron chi connectivity index (χ0n) is 18.1. The van der Waals surface area contributed by atoms with E-state index < -0.39 is 5.97 Å². The van der Waals surface area contributed by atoms with Gasteiger partial charge in [0.25, 0.3) is 0 Å². The fourth-order valence-electron chi connectivity index (χ4n) is 3.58. The van der Waals surface area contributed by atoms with Crippen molar-refractivity contribution >= 4 is 23.4 Å². The van der Waals surface area contributed by atoms with Gasteiger partial charge in [0.05, 0.1) is 18.4 Å². The van der Waals surface area contributed by atoms with Gasteiger partial charge in [-0.1, -0.05) is 24.2 Å². The molecule has 1 aromatic heterocycles. The Balaban J connectivity index is 1.35. The van der Waals surface area contributed by atoms with E-state index in [0.717, 1.165) is 11.3 Å². The second-order valence-electron chi connectivity index (χ2n) is 7.35. The Kier molecular flexibility index (Phi) is 6.34. The number of hydrogen-bond donors (Lipinski definition) is 1. The van der Waals surface area contributed by atoms with Crippen LogP contribution in [0.4, 0.5) is 16.2 Å². The summed E-state index contributed by atoms with van der Waals surface area (Å²) in [6, 6.07) is 14.6. The van der Waals surface area contributed by atoms with Gasteiger partial charge in [-0.3, -0.25) is 0 Å². The Morgan fingerprint density at radius 3 is 2.44 bits per heavy atom. The maximum atomic E-state index is 12.7. The van der Waals surface area contributed by atoms with Crippen molar-refractivity contribution in [1.29, 1.82) is 0 Å². The minimum Gasteiger partial charge on any atom is -0.465 e. The summed E-state index contributed by atoms with van der Waals surface area (Å²) < 4.78 is 9.96. The normalized spacial score (nSPS) is 13.7. The topological polar surface area (TPSA) is 101 Å². The molecule has 166 valence electrons. The molecule has 2 heterocycles. The number of methoxy groups -OCH3 is 1. The number of anilines is 2. The zero-order valence-corrected chi connectivity index (χ0v) is 18.1. The summed E-state index contributed by atoms with van der Waals surface area (Å²) in [5, 5.41) is 6.83. The molecule has 1 saturated heterocycles. The second kappa shape index (κ2) is 9.51. The molecule has 0 spiro atoms. The molecule has 4 rings (SSSR count). The van der Waals surface area contributed by atoms with Gasteiger partial charge < -0.3 is 24.4 Å². The van der Waals surface area contributed by atoms with Gasteiger partial charge in [0.15, 0.2) is 0 Å². The van der Waals surface area contributed by atoms with Gasteiger partial charge in [-0.05, 0) is 36.4 Å². The SMILES string of the molecule is CCc1nc(-c2ccc(N3CCN(C(=O)Nc4ccccc4C(=O)OC)CC3)cc2)no1. The lowest BCUT2D eigenvalue weighted by molar-refractivity contribution is 0.0602. The number of hydrogen-bond acceptors (Lipinski definition) is 7. The van der Waals surface area contributed by atoms with Crippen LogP contribution in [0.25, 0.3) is 11.4 Å². The number of carbonyl (C=O) groups is 2. The van der Waals surface area contributed by atoms with Crippen LogP contribution in [-0.2, 0) is 11.2 Å². The number of urea groups is 1. The van der Waals surface area contributed by atoms with E-state index in [9.17, 15) is 9.59 Å². The van der Waals surface area contributed by atoms with Crippen LogP contribution in [-0.4, -0.2) is 60.3 Å². The quantitative estimate of drug-likeness (QED) is 0.613. The van der Waals surface area contributed by atoms with Gasteiger partial charge in [-0.15, -0.1) is 0 Å². The third kappa shape index (κ3) is 4.56. The zero-order chi connectivity index (χ0) is 22.5. The summed E-state index contributed by atoms with van der Waals surface area (Å²) >= 11 is 0. The molecular formula is C23H25N5O4. The predicted octanol–water partition coefficient (Wildman–Crippen LogP) is 3.44. The first-order chi connectivity index (χ1) is 15.6. The molecule has 1 fully saturated rings. The highest BCUT2D eigenvalue weighted by molar-refractivity contribution is 6.00. The first-order valence-corrected chi connectivity index (χ1v) is 10.5. The molecule has 0 unspecified atom stereocenters. The highest BCUT2D eigenvalue weighted by Gasteiger charge is 2.23. The third-order valence-corrected chi connectivity index (χ3v) is 5.40. The molecule has 0 atom stereocenters. The number of ether oxygens (including phenoxy) is 1. The average Bonchev–Trinajstić information content (AvgIpc) is 3.33. The number of carbonyl (C=O) groups excluding carboxylic acids is 2.